The first-order valence-electron chi connectivity index (χ1n) is 8.19. The number of hydrogen-bond acceptors (Lipinski definition) is 5. The maximum Gasteiger partial charge on any atom is 0.273 e. The maximum atomic E-state index is 12.7. The summed E-state index contributed by atoms with van der Waals surface area (Å²) in [4.78, 5) is 23.3. The van der Waals surface area contributed by atoms with Crippen molar-refractivity contribution in [2.24, 2.45) is 0 Å². The Labute approximate surface area is 152 Å². The number of hydrogen-bond donors (Lipinski definition) is 1. The van der Waals surface area contributed by atoms with Crippen LogP contribution in [0.1, 0.15) is 40.9 Å². The molecular formula is C19H22N2O5. The molecule has 0 heterocycles. The van der Waals surface area contributed by atoms with Gasteiger partial charge in [0.2, 0.25) is 0 Å². The molecule has 0 spiro atoms. The largest absolute Gasteiger partial charge is 0.493 e. The predicted molar refractivity (Wildman–Crippen MR) is 97.9 cm³/mol. The first-order chi connectivity index (χ1) is 12.4. The molecule has 1 N–H and O–H groups in total. The van der Waals surface area contributed by atoms with Gasteiger partial charge in [-0.1, -0.05) is 19.1 Å². The van der Waals surface area contributed by atoms with Crippen molar-refractivity contribution in [2.45, 2.75) is 26.3 Å². The number of benzene rings is 2. The van der Waals surface area contributed by atoms with Crippen LogP contribution in [0, 0.1) is 17.0 Å². The van der Waals surface area contributed by atoms with Gasteiger partial charge in [-0.15, -0.1) is 0 Å². The Morgan fingerprint density at radius 3 is 2.46 bits per heavy atom. The van der Waals surface area contributed by atoms with Crippen LogP contribution in [0.3, 0.4) is 0 Å². The number of amides is 1. The van der Waals surface area contributed by atoms with Gasteiger partial charge in [0, 0.05) is 17.2 Å². The monoisotopic (exact) mass is 358 g/mol. The van der Waals surface area contributed by atoms with Gasteiger partial charge in [0.25, 0.3) is 11.6 Å². The molecule has 2 aromatic rings. The molecular weight excluding hydrogens is 336 g/mol. The molecule has 0 fully saturated rings. The Kier molecular flexibility index (Phi) is 6.16. The van der Waals surface area contributed by atoms with Gasteiger partial charge in [-0.2, -0.15) is 0 Å². The zero-order valence-corrected chi connectivity index (χ0v) is 15.2. The molecule has 0 saturated heterocycles. The van der Waals surface area contributed by atoms with Crippen LogP contribution in [0.4, 0.5) is 5.69 Å². The van der Waals surface area contributed by atoms with E-state index in [1.54, 1.807) is 33.3 Å². The molecule has 7 heteroatoms. The number of nitrogens with zero attached hydrogens (tertiary/aromatic N) is 1. The Morgan fingerprint density at radius 1 is 1.19 bits per heavy atom. The van der Waals surface area contributed by atoms with Crippen molar-refractivity contribution >= 4 is 11.6 Å². The number of ether oxygens (including phenoxy) is 2. The summed E-state index contributed by atoms with van der Waals surface area (Å²) in [6.45, 7) is 3.52. The number of carbonyl (C=O) groups is 1. The topological polar surface area (TPSA) is 90.7 Å². The maximum absolute atomic E-state index is 12.7. The average Bonchev–Trinajstić information content (AvgIpc) is 2.65. The fourth-order valence-corrected chi connectivity index (χ4v) is 2.79. The highest BCUT2D eigenvalue weighted by atomic mass is 16.6. The van der Waals surface area contributed by atoms with Crippen LogP contribution in [0.2, 0.25) is 0 Å². The SMILES string of the molecule is CC[C@H](NC(=O)c1cccc([N+](=O)[O-])c1C)c1ccc(OC)c(OC)c1. The molecule has 1 amide bonds. The first kappa shape index (κ1) is 19.2. The fraction of sp³-hybridized carbons (Fsp3) is 0.316. The Morgan fingerprint density at radius 2 is 1.88 bits per heavy atom. The molecule has 0 radical (unpaired) electrons. The van der Waals surface area contributed by atoms with Crippen LogP contribution in [0.15, 0.2) is 36.4 Å². The van der Waals surface area contributed by atoms with E-state index in [1.807, 2.05) is 19.1 Å². The van der Waals surface area contributed by atoms with Crippen molar-refractivity contribution in [2.75, 3.05) is 14.2 Å². The lowest BCUT2D eigenvalue weighted by molar-refractivity contribution is -0.385. The van der Waals surface area contributed by atoms with Gasteiger partial charge >= 0.3 is 0 Å². The summed E-state index contributed by atoms with van der Waals surface area (Å²) in [7, 11) is 3.11. The minimum atomic E-state index is -0.488. The van der Waals surface area contributed by atoms with Crippen molar-refractivity contribution in [1.29, 1.82) is 0 Å². The average molecular weight is 358 g/mol. The zero-order chi connectivity index (χ0) is 19.3. The van der Waals surface area contributed by atoms with E-state index in [0.717, 1.165) is 5.56 Å². The third kappa shape index (κ3) is 3.93. The van der Waals surface area contributed by atoms with E-state index in [-0.39, 0.29) is 23.2 Å². The molecule has 0 aliphatic rings. The molecule has 0 aliphatic carbocycles. The van der Waals surface area contributed by atoms with E-state index < -0.39 is 4.92 Å². The van der Waals surface area contributed by atoms with E-state index in [1.165, 1.54) is 12.1 Å². The second-order valence-electron chi connectivity index (χ2n) is 5.76. The smallest absolute Gasteiger partial charge is 0.273 e. The molecule has 26 heavy (non-hydrogen) atoms. The normalized spacial score (nSPS) is 11.5. The van der Waals surface area contributed by atoms with Crippen LogP contribution >= 0.6 is 0 Å². The lowest BCUT2D eigenvalue weighted by Gasteiger charge is -2.19. The molecule has 2 aromatic carbocycles. The number of carbonyl (C=O) groups excluding carboxylic acids is 1. The van der Waals surface area contributed by atoms with Crippen molar-refractivity contribution in [3.05, 3.63) is 63.2 Å². The summed E-state index contributed by atoms with van der Waals surface area (Å²) in [5.41, 5.74) is 1.42. The quantitative estimate of drug-likeness (QED) is 0.600. The molecule has 0 bridgehead atoms. The fourth-order valence-electron chi connectivity index (χ4n) is 2.79. The van der Waals surface area contributed by atoms with Gasteiger partial charge in [-0.3, -0.25) is 14.9 Å². The molecule has 138 valence electrons. The molecule has 2 rings (SSSR count). The highest BCUT2D eigenvalue weighted by Gasteiger charge is 2.21. The van der Waals surface area contributed by atoms with Crippen LogP contribution in [0.25, 0.3) is 0 Å². The molecule has 0 unspecified atom stereocenters. The molecule has 7 nitrogen and oxygen atoms in total. The number of nitro groups is 1. The second-order valence-corrected chi connectivity index (χ2v) is 5.76. The number of rotatable bonds is 7. The summed E-state index contributed by atoms with van der Waals surface area (Å²) in [5.74, 6) is 0.823. The van der Waals surface area contributed by atoms with Gasteiger partial charge in [0.05, 0.1) is 25.2 Å². The van der Waals surface area contributed by atoms with E-state index in [0.29, 0.717) is 23.5 Å². The number of methoxy groups -OCH3 is 2. The van der Waals surface area contributed by atoms with Gasteiger partial charge in [0.1, 0.15) is 0 Å². The van der Waals surface area contributed by atoms with Gasteiger partial charge in [-0.05, 0) is 37.1 Å². The van der Waals surface area contributed by atoms with E-state index in [2.05, 4.69) is 5.32 Å². The highest BCUT2D eigenvalue weighted by molar-refractivity contribution is 5.96. The minimum absolute atomic E-state index is 0.0724. The summed E-state index contributed by atoms with van der Waals surface area (Å²) in [5, 5.41) is 14.0. The Bertz CT molecular complexity index is 820. The highest BCUT2D eigenvalue weighted by Crippen LogP contribution is 2.31. The lowest BCUT2D eigenvalue weighted by Crippen LogP contribution is -2.28. The third-order valence-electron chi connectivity index (χ3n) is 4.27. The summed E-state index contributed by atoms with van der Waals surface area (Å²) < 4.78 is 10.5. The predicted octanol–water partition coefficient (Wildman–Crippen LogP) is 3.80. The van der Waals surface area contributed by atoms with Crippen LogP contribution in [0.5, 0.6) is 11.5 Å². The summed E-state index contributed by atoms with van der Waals surface area (Å²) in [6.07, 6.45) is 0.648. The van der Waals surface area contributed by atoms with E-state index in [9.17, 15) is 14.9 Å². The van der Waals surface area contributed by atoms with Crippen molar-refractivity contribution in [3.8, 4) is 11.5 Å². The molecule has 1 atom stereocenters. The Balaban J connectivity index is 2.29. The van der Waals surface area contributed by atoms with Gasteiger partial charge in [-0.25, -0.2) is 0 Å². The third-order valence-corrected chi connectivity index (χ3v) is 4.27. The zero-order valence-electron chi connectivity index (χ0n) is 15.2. The van der Waals surface area contributed by atoms with E-state index >= 15 is 0 Å². The number of nitrogens with one attached hydrogen (secondary N) is 1. The second kappa shape index (κ2) is 8.33. The van der Waals surface area contributed by atoms with Crippen molar-refractivity contribution in [1.82, 2.24) is 5.32 Å². The molecule has 0 saturated carbocycles. The van der Waals surface area contributed by atoms with Crippen molar-refractivity contribution < 1.29 is 19.2 Å². The van der Waals surface area contributed by atoms with Crippen LogP contribution < -0.4 is 14.8 Å². The van der Waals surface area contributed by atoms with Crippen molar-refractivity contribution in [3.63, 3.8) is 0 Å². The first-order valence-corrected chi connectivity index (χ1v) is 8.19. The summed E-state index contributed by atoms with van der Waals surface area (Å²) in [6, 6.07) is 9.67. The molecule has 0 aliphatic heterocycles. The van der Waals surface area contributed by atoms with Crippen LogP contribution in [-0.2, 0) is 0 Å². The summed E-state index contributed by atoms with van der Waals surface area (Å²) >= 11 is 0. The van der Waals surface area contributed by atoms with Gasteiger partial charge in [0.15, 0.2) is 11.5 Å². The van der Waals surface area contributed by atoms with Crippen LogP contribution in [-0.4, -0.2) is 25.1 Å². The minimum Gasteiger partial charge on any atom is -0.493 e. The number of nitro benzene ring substituents is 1. The molecule has 0 aromatic heterocycles. The van der Waals surface area contributed by atoms with E-state index in [4.69, 9.17) is 9.47 Å². The van der Waals surface area contributed by atoms with Gasteiger partial charge < -0.3 is 14.8 Å². The standard InChI is InChI=1S/C19H22N2O5/c1-5-15(13-9-10-17(25-3)18(11-13)26-4)20-19(22)14-7-6-8-16(12(14)2)21(23)24/h6-11,15H,5H2,1-4H3,(H,20,22)/t15-/m0/s1. The Hall–Kier alpha value is -3.09. The lowest BCUT2D eigenvalue weighted by atomic mass is 10.0.